The fraction of sp³-hybridized carbons (Fsp3) is 0.308. The van der Waals surface area contributed by atoms with Crippen molar-refractivity contribution >= 4 is 23.5 Å². The van der Waals surface area contributed by atoms with Crippen LogP contribution < -0.4 is 9.80 Å². The first-order valence-electron chi connectivity index (χ1n) is 10.4. The molecular formula is C26H34N2O. The lowest BCUT2D eigenvalue weighted by molar-refractivity contribution is 0.233. The number of benzene rings is 2. The average molecular weight is 391 g/mol. The van der Waals surface area contributed by atoms with E-state index in [4.69, 9.17) is 4.74 Å². The Morgan fingerprint density at radius 2 is 1.24 bits per heavy atom. The maximum absolute atomic E-state index is 5.53. The van der Waals surface area contributed by atoms with Crippen molar-refractivity contribution in [3.05, 3.63) is 84.7 Å². The SMILES string of the molecule is C=CC(=C)OCCN(CC)c1ccc(/C=C/c2ccc(N(CC)CC)cc2)cc1. The third-order valence-corrected chi connectivity index (χ3v) is 5.01. The van der Waals surface area contributed by atoms with E-state index in [0.29, 0.717) is 12.4 Å². The van der Waals surface area contributed by atoms with Gasteiger partial charge >= 0.3 is 0 Å². The van der Waals surface area contributed by atoms with Gasteiger partial charge in [0.25, 0.3) is 0 Å². The van der Waals surface area contributed by atoms with Crippen LogP contribution in [0.5, 0.6) is 0 Å². The van der Waals surface area contributed by atoms with Crippen molar-refractivity contribution < 1.29 is 4.74 Å². The fourth-order valence-corrected chi connectivity index (χ4v) is 3.19. The molecule has 0 saturated heterocycles. The van der Waals surface area contributed by atoms with Gasteiger partial charge in [-0.1, -0.05) is 49.6 Å². The van der Waals surface area contributed by atoms with Gasteiger partial charge in [0.15, 0.2) is 0 Å². The minimum Gasteiger partial charge on any atom is -0.492 e. The molecule has 0 fully saturated rings. The summed E-state index contributed by atoms with van der Waals surface area (Å²) in [5.41, 5.74) is 4.87. The molecule has 0 atom stereocenters. The van der Waals surface area contributed by atoms with E-state index in [1.807, 2.05) is 0 Å². The van der Waals surface area contributed by atoms with Crippen molar-refractivity contribution in [3.8, 4) is 0 Å². The van der Waals surface area contributed by atoms with Crippen LogP contribution in [0.3, 0.4) is 0 Å². The monoisotopic (exact) mass is 390 g/mol. The van der Waals surface area contributed by atoms with Crippen molar-refractivity contribution in [2.24, 2.45) is 0 Å². The second-order valence-corrected chi connectivity index (χ2v) is 6.79. The summed E-state index contributed by atoms with van der Waals surface area (Å²) in [6, 6.07) is 17.4. The van der Waals surface area contributed by atoms with Gasteiger partial charge in [0, 0.05) is 31.0 Å². The number of nitrogens with zero attached hydrogens (tertiary/aromatic N) is 2. The van der Waals surface area contributed by atoms with Crippen LogP contribution in [-0.2, 0) is 4.74 Å². The van der Waals surface area contributed by atoms with Gasteiger partial charge in [-0.2, -0.15) is 0 Å². The predicted molar refractivity (Wildman–Crippen MR) is 129 cm³/mol. The minimum atomic E-state index is 0.601. The topological polar surface area (TPSA) is 15.7 Å². The maximum atomic E-state index is 5.53. The summed E-state index contributed by atoms with van der Waals surface area (Å²) in [5, 5.41) is 0. The van der Waals surface area contributed by atoms with Gasteiger partial charge in [-0.05, 0) is 62.2 Å². The third kappa shape index (κ3) is 6.86. The molecule has 29 heavy (non-hydrogen) atoms. The molecular weight excluding hydrogens is 356 g/mol. The maximum Gasteiger partial charge on any atom is 0.111 e. The number of likely N-dealkylation sites (N-methyl/N-ethyl adjacent to an activating group) is 1. The highest BCUT2D eigenvalue weighted by molar-refractivity contribution is 5.71. The molecule has 0 aliphatic rings. The molecule has 0 amide bonds. The summed E-state index contributed by atoms with van der Waals surface area (Å²) in [6.45, 7) is 18.4. The lowest BCUT2D eigenvalue weighted by Gasteiger charge is -2.23. The number of ether oxygens (including phenoxy) is 1. The fourth-order valence-electron chi connectivity index (χ4n) is 3.19. The Morgan fingerprint density at radius 3 is 1.66 bits per heavy atom. The van der Waals surface area contributed by atoms with Gasteiger partial charge in [0.2, 0.25) is 0 Å². The lowest BCUT2D eigenvalue weighted by atomic mass is 10.1. The number of anilines is 2. The Hall–Kier alpha value is -2.94. The van der Waals surface area contributed by atoms with Gasteiger partial charge in [-0.3, -0.25) is 0 Å². The smallest absolute Gasteiger partial charge is 0.111 e. The summed E-state index contributed by atoms with van der Waals surface area (Å²) >= 11 is 0. The standard InChI is InChI=1S/C26H34N2O/c1-6-22(5)29-21-20-28(9-4)26-18-14-24(15-19-26)11-10-23-12-16-25(17-13-23)27(7-2)8-3/h6,10-19H,1,5,7-9,20-21H2,2-4H3/b11-10+. The van der Waals surface area contributed by atoms with Gasteiger partial charge in [0.05, 0.1) is 6.54 Å². The molecule has 2 aromatic rings. The molecule has 3 nitrogen and oxygen atoms in total. The van der Waals surface area contributed by atoms with E-state index in [1.165, 1.54) is 22.5 Å². The van der Waals surface area contributed by atoms with E-state index in [-0.39, 0.29) is 0 Å². The Kier molecular flexibility index (Phi) is 9.10. The van der Waals surface area contributed by atoms with Crippen LogP contribution in [-0.4, -0.2) is 32.8 Å². The molecule has 0 heterocycles. The molecule has 0 aromatic heterocycles. The molecule has 0 N–H and O–H groups in total. The van der Waals surface area contributed by atoms with Crippen LogP contribution in [0.4, 0.5) is 11.4 Å². The molecule has 0 spiro atoms. The van der Waals surface area contributed by atoms with Crippen LogP contribution in [0.1, 0.15) is 31.9 Å². The lowest BCUT2D eigenvalue weighted by Crippen LogP contribution is -2.26. The summed E-state index contributed by atoms with van der Waals surface area (Å²) in [7, 11) is 0. The van der Waals surface area contributed by atoms with Crippen molar-refractivity contribution in [2.45, 2.75) is 20.8 Å². The van der Waals surface area contributed by atoms with Gasteiger partial charge < -0.3 is 14.5 Å². The molecule has 0 aliphatic heterocycles. The van der Waals surface area contributed by atoms with Crippen molar-refractivity contribution in [1.82, 2.24) is 0 Å². The largest absolute Gasteiger partial charge is 0.492 e. The Bertz CT molecular complexity index is 786. The number of hydrogen-bond acceptors (Lipinski definition) is 3. The molecule has 0 radical (unpaired) electrons. The molecule has 2 aromatic carbocycles. The highest BCUT2D eigenvalue weighted by Crippen LogP contribution is 2.19. The normalized spacial score (nSPS) is 10.7. The first-order valence-corrected chi connectivity index (χ1v) is 10.4. The summed E-state index contributed by atoms with van der Waals surface area (Å²) in [4.78, 5) is 4.64. The second kappa shape index (κ2) is 11.8. The zero-order chi connectivity index (χ0) is 21.1. The highest BCUT2D eigenvalue weighted by atomic mass is 16.5. The zero-order valence-corrected chi connectivity index (χ0v) is 18.1. The molecule has 3 heteroatoms. The summed E-state index contributed by atoms with van der Waals surface area (Å²) in [5.74, 6) is 0.617. The highest BCUT2D eigenvalue weighted by Gasteiger charge is 2.04. The number of allylic oxidation sites excluding steroid dienone is 1. The molecule has 2 rings (SSSR count). The van der Waals surface area contributed by atoms with Crippen molar-refractivity contribution in [1.29, 1.82) is 0 Å². The third-order valence-electron chi connectivity index (χ3n) is 5.01. The minimum absolute atomic E-state index is 0.601. The van der Waals surface area contributed by atoms with E-state index < -0.39 is 0 Å². The van der Waals surface area contributed by atoms with Gasteiger partial charge in [-0.25, -0.2) is 0 Å². The van der Waals surface area contributed by atoms with Crippen molar-refractivity contribution in [2.75, 3.05) is 42.6 Å². The molecule has 0 aliphatic carbocycles. The van der Waals surface area contributed by atoms with Crippen LogP contribution >= 0.6 is 0 Å². The Balaban J connectivity index is 1.96. The Morgan fingerprint density at radius 1 is 0.793 bits per heavy atom. The number of hydrogen-bond donors (Lipinski definition) is 0. The van der Waals surface area contributed by atoms with Crippen LogP contribution in [0.25, 0.3) is 12.2 Å². The summed E-state index contributed by atoms with van der Waals surface area (Å²) < 4.78 is 5.53. The van der Waals surface area contributed by atoms with Crippen LogP contribution in [0.15, 0.2) is 73.5 Å². The predicted octanol–water partition coefficient (Wildman–Crippen LogP) is 6.25. The number of rotatable bonds is 12. The van der Waals surface area contributed by atoms with E-state index in [9.17, 15) is 0 Å². The molecule has 0 unspecified atom stereocenters. The van der Waals surface area contributed by atoms with E-state index >= 15 is 0 Å². The van der Waals surface area contributed by atoms with Gasteiger partial charge in [-0.15, -0.1) is 0 Å². The molecule has 154 valence electrons. The Labute approximate surface area is 176 Å². The van der Waals surface area contributed by atoms with E-state index in [0.717, 1.165) is 26.2 Å². The molecule has 0 saturated carbocycles. The van der Waals surface area contributed by atoms with Crippen molar-refractivity contribution in [3.63, 3.8) is 0 Å². The first kappa shape index (κ1) is 22.4. The van der Waals surface area contributed by atoms with Crippen LogP contribution in [0.2, 0.25) is 0 Å². The second-order valence-electron chi connectivity index (χ2n) is 6.79. The summed E-state index contributed by atoms with van der Waals surface area (Å²) in [6.07, 6.45) is 5.95. The van der Waals surface area contributed by atoms with E-state index in [2.05, 4.69) is 104 Å². The average Bonchev–Trinajstić information content (AvgIpc) is 2.77. The zero-order valence-electron chi connectivity index (χ0n) is 18.1. The van der Waals surface area contributed by atoms with Crippen LogP contribution in [0, 0.1) is 0 Å². The molecule has 0 bridgehead atoms. The quantitative estimate of drug-likeness (QED) is 0.242. The van der Waals surface area contributed by atoms with Gasteiger partial charge in [0.1, 0.15) is 12.4 Å². The first-order chi connectivity index (χ1) is 14.1. The van der Waals surface area contributed by atoms with E-state index in [1.54, 1.807) is 6.08 Å².